The van der Waals surface area contributed by atoms with Crippen LogP contribution in [0.1, 0.15) is 37.8 Å². The minimum Gasteiger partial charge on any atom is -0.484 e. The average molecular weight is 373 g/mol. The fraction of sp³-hybridized carbons (Fsp3) is 0.611. The van der Waals surface area contributed by atoms with Gasteiger partial charge in [0.2, 0.25) is 0 Å². The maximum atomic E-state index is 12.1. The number of urea groups is 1. The number of halogens is 3. The summed E-state index contributed by atoms with van der Waals surface area (Å²) in [6, 6.07) is 5.70. The Morgan fingerprint density at radius 2 is 1.85 bits per heavy atom. The van der Waals surface area contributed by atoms with E-state index in [2.05, 4.69) is 20.3 Å². The van der Waals surface area contributed by atoms with Crippen molar-refractivity contribution in [2.45, 2.75) is 38.4 Å². The molecule has 0 aliphatic carbocycles. The van der Waals surface area contributed by atoms with Gasteiger partial charge in [-0.2, -0.15) is 13.2 Å². The number of carbonyl (C=O) groups is 1. The number of piperidine rings is 1. The van der Waals surface area contributed by atoms with E-state index in [1.54, 1.807) is 12.1 Å². The van der Waals surface area contributed by atoms with Crippen molar-refractivity contribution in [3.05, 3.63) is 29.8 Å². The van der Waals surface area contributed by atoms with Crippen molar-refractivity contribution in [2.24, 2.45) is 0 Å². The lowest BCUT2D eigenvalue weighted by Crippen LogP contribution is -2.42. The molecule has 0 saturated carbocycles. The molecule has 1 aromatic rings. The van der Waals surface area contributed by atoms with Crippen molar-refractivity contribution >= 4 is 6.03 Å². The number of rotatable bonds is 7. The number of likely N-dealkylation sites (tertiary alicyclic amines) is 1. The lowest BCUT2D eigenvalue weighted by atomic mass is 10.1. The van der Waals surface area contributed by atoms with Gasteiger partial charge in [0.25, 0.3) is 0 Å². The second-order valence-corrected chi connectivity index (χ2v) is 6.50. The quantitative estimate of drug-likeness (QED) is 0.770. The van der Waals surface area contributed by atoms with Crippen LogP contribution in [0.3, 0.4) is 0 Å². The minimum atomic E-state index is -4.36. The molecule has 26 heavy (non-hydrogen) atoms. The monoisotopic (exact) mass is 373 g/mol. The third kappa shape index (κ3) is 7.51. The first-order chi connectivity index (χ1) is 12.3. The van der Waals surface area contributed by atoms with Crippen molar-refractivity contribution in [1.29, 1.82) is 0 Å². The second kappa shape index (κ2) is 9.66. The summed E-state index contributed by atoms with van der Waals surface area (Å²) in [4.78, 5) is 14.3. The van der Waals surface area contributed by atoms with Crippen molar-refractivity contribution in [3.8, 4) is 5.75 Å². The molecule has 0 aromatic heterocycles. The highest BCUT2D eigenvalue weighted by Crippen LogP contribution is 2.21. The van der Waals surface area contributed by atoms with Crippen LogP contribution >= 0.6 is 0 Å². The Morgan fingerprint density at radius 3 is 2.46 bits per heavy atom. The topological polar surface area (TPSA) is 53.6 Å². The van der Waals surface area contributed by atoms with Gasteiger partial charge in [0.15, 0.2) is 6.61 Å². The SMILES string of the molecule is CC(NC(=O)NCCN1CCCCC1)c1ccc(OCC(F)(F)F)cc1. The highest BCUT2D eigenvalue weighted by atomic mass is 19.4. The Morgan fingerprint density at radius 1 is 1.19 bits per heavy atom. The van der Waals surface area contributed by atoms with Gasteiger partial charge in [0, 0.05) is 13.1 Å². The predicted molar refractivity (Wildman–Crippen MR) is 93.2 cm³/mol. The Bertz CT molecular complexity index is 558. The van der Waals surface area contributed by atoms with E-state index in [-0.39, 0.29) is 17.8 Å². The zero-order chi connectivity index (χ0) is 19.0. The molecular formula is C18H26F3N3O2. The maximum Gasteiger partial charge on any atom is 0.422 e. The number of hydrogen-bond acceptors (Lipinski definition) is 3. The third-order valence-electron chi connectivity index (χ3n) is 4.29. The first-order valence-corrected chi connectivity index (χ1v) is 8.90. The summed E-state index contributed by atoms with van der Waals surface area (Å²) in [6.07, 6.45) is -0.653. The number of hydrogen-bond donors (Lipinski definition) is 2. The fourth-order valence-electron chi connectivity index (χ4n) is 2.86. The van der Waals surface area contributed by atoms with E-state index in [1.165, 1.54) is 31.4 Å². The predicted octanol–water partition coefficient (Wildman–Crippen LogP) is 3.47. The van der Waals surface area contributed by atoms with Crippen LogP contribution in [0, 0.1) is 0 Å². The number of benzene rings is 1. The second-order valence-electron chi connectivity index (χ2n) is 6.50. The average Bonchev–Trinajstić information content (AvgIpc) is 2.60. The van der Waals surface area contributed by atoms with E-state index in [4.69, 9.17) is 0 Å². The lowest BCUT2D eigenvalue weighted by molar-refractivity contribution is -0.153. The van der Waals surface area contributed by atoms with Gasteiger partial charge < -0.3 is 20.3 Å². The van der Waals surface area contributed by atoms with Crippen LogP contribution in [-0.2, 0) is 0 Å². The summed E-state index contributed by atoms with van der Waals surface area (Å²) < 4.78 is 41.1. The summed E-state index contributed by atoms with van der Waals surface area (Å²) >= 11 is 0. The Balaban J connectivity index is 1.70. The number of alkyl halides is 3. The molecule has 146 valence electrons. The molecule has 1 unspecified atom stereocenters. The van der Waals surface area contributed by atoms with Gasteiger partial charge in [-0.3, -0.25) is 0 Å². The van der Waals surface area contributed by atoms with Gasteiger partial charge in [0.05, 0.1) is 6.04 Å². The molecule has 0 radical (unpaired) electrons. The van der Waals surface area contributed by atoms with Crippen LogP contribution in [0.2, 0.25) is 0 Å². The van der Waals surface area contributed by atoms with Gasteiger partial charge in [-0.05, 0) is 50.6 Å². The first-order valence-electron chi connectivity index (χ1n) is 8.90. The Kier molecular flexibility index (Phi) is 7.56. The molecule has 1 aromatic carbocycles. The summed E-state index contributed by atoms with van der Waals surface area (Å²) in [5.41, 5.74) is 0.788. The number of nitrogens with one attached hydrogen (secondary N) is 2. The molecule has 1 fully saturated rings. The van der Waals surface area contributed by atoms with Gasteiger partial charge in [0.1, 0.15) is 5.75 Å². The third-order valence-corrected chi connectivity index (χ3v) is 4.29. The molecule has 0 bridgehead atoms. The van der Waals surface area contributed by atoms with Gasteiger partial charge in [-0.1, -0.05) is 18.6 Å². The molecule has 1 saturated heterocycles. The summed E-state index contributed by atoms with van der Waals surface area (Å²) in [7, 11) is 0. The molecule has 1 atom stereocenters. The number of ether oxygens (including phenoxy) is 1. The summed E-state index contributed by atoms with van der Waals surface area (Å²) in [5.74, 6) is 0.143. The minimum absolute atomic E-state index is 0.143. The maximum absolute atomic E-state index is 12.1. The van der Waals surface area contributed by atoms with E-state index in [0.29, 0.717) is 6.54 Å². The number of carbonyl (C=O) groups excluding carboxylic acids is 1. The van der Waals surface area contributed by atoms with Crippen LogP contribution < -0.4 is 15.4 Å². The largest absolute Gasteiger partial charge is 0.484 e. The lowest BCUT2D eigenvalue weighted by Gasteiger charge is -2.26. The molecule has 2 amide bonds. The van der Waals surface area contributed by atoms with Crippen LogP contribution in [-0.4, -0.2) is 49.9 Å². The van der Waals surface area contributed by atoms with E-state index >= 15 is 0 Å². The highest BCUT2D eigenvalue weighted by Gasteiger charge is 2.28. The summed E-state index contributed by atoms with van der Waals surface area (Å²) in [6.45, 7) is 4.09. The standard InChI is InChI=1S/C18H26F3N3O2/c1-14(15-5-7-16(8-6-15)26-13-18(19,20)21)23-17(25)22-9-12-24-10-3-2-4-11-24/h5-8,14H,2-4,9-13H2,1H3,(H2,22,23,25). The molecule has 8 heteroatoms. The van der Waals surface area contributed by atoms with Crippen LogP contribution in [0.5, 0.6) is 5.75 Å². The van der Waals surface area contributed by atoms with Crippen LogP contribution in [0.4, 0.5) is 18.0 Å². The first kappa shape index (κ1) is 20.4. The number of amides is 2. The highest BCUT2D eigenvalue weighted by molar-refractivity contribution is 5.74. The molecule has 1 aliphatic heterocycles. The molecule has 1 heterocycles. The fourth-order valence-corrected chi connectivity index (χ4v) is 2.86. The number of nitrogens with zero attached hydrogens (tertiary/aromatic N) is 1. The van der Waals surface area contributed by atoms with Crippen molar-refractivity contribution < 1.29 is 22.7 Å². The zero-order valence-electron chi connectivity index (χ0n) is 14.9. The van der Waals surface area contributed by atoms with Crippen LogP contribution in [0.15, 0.2) is 24.3 Å². The smallest absolute Gasteiger partial charge is 0.422 e. The van der Waals surface area contributed by atoms with Gasteiger partial charge >= 0.3 is 12.2 Å². The normalized spacial score (nSPS) is 16.8. The van der Waals surface area contributed by atoms with Crippen molar-refractivity contribution in [3.63, 3.8) is 0 Å². The van der Waals surface area contributed by atoms with Gasteiger partial charge in [-0.15, -0.1) is 0 Å². The van der Waals surface area contributed by atoms with E-state index in [9.17, 15) is 18.0 Å². The molecule has 1 aliphatic rings. The van der Waals surface area contributed by atoms with Crippen molar-refractivity contribution in [2.75, 3.05) is 32.8 Å². The van der Waals surface area contributed by atoms with Crippen LogP contribution in [0.25, 0.3) is 0 Å². The van der Waals surface area contributed by atoms with E-state index in [0.717, 1.165) is 25.2 Å². The molecule has 2 rings (SSSR count). The molecule has 2 N–H and O–H groups in total. The molecule has 5 nitrogen and oxygen atoms in total. The zero-order valence-corrected chi connectivity index (χ0v) is 14.9. The molecule has 0 spiro atoms. The van der Waals surface area contributed by atoms with Crippen molar-refractivity contribution in [1.82, 2.24) is 15.5 Å². The Labute approximate surface area is 151 Å². The molecular weight excluding hydrogens is 347 g/mol. The van der Waals surface area contributed by atoms with Gasteiger partial charge in [-0.25, -0.2) is 4.79 Å². The van der Waals surface area contributed by atoms with E-state index < -0.39 is 12.8 Å². The summed E-state index contributed by atoms with van der Waals surface area (Å²) in [5, 5.41) is 5.66. The Hall–Kier alpha value is -1.96. The van der Waals surface area contributed by atoms with E-state index in [1.807, 2.05) is 6.92 Å².